The van der Waals surface area contributed by atoms with Crippen LogP contribution in [0.5, 0.6) is 0 Å². The van der Waals surface area contributed by atoms with Crippen molar-refractivity contribution >= 4 is 11.6 Å². The van der Waals surface area contributed by atoms with Crippen LogP contribution in [0.25, 0.3) is 0 Å². The molecule has 0 unspecified atom stereocenters. The Labute approximate surface area is 107 Å². The Bertz CT molecular complexity index is 444. The highest BCUT2D eigenvalue weighted by molar-refractivity contribution is 5.81. The van der Waals surface area contributed by atoms with Crippen molar-refractivity contribution in [1.29, 1.82) is 5.26 Å². The number of nitriles is 1. The molecule has 0 spiro atoms. The van der Waals surface area contributed by atoms with E-state index in [0.29, 0.717) is 0 Å². The lowest BCUT2D eigenvalue weighted by Crippen LogP contribution is -2.47. The highest BCUT2D eigenvalue weighted by Crippen LogP contribution is 2.28. The van der Waals surface area contributed by atoms with E-state index in [1.807, 2.05) is 30.3 Å². The Hall–Kier alpha value is -2.02. The van der Waals surface area contributed by atoms with Crippen molar-refractivity contribution in [2.45, 2.75) is 31.2 Å². The summed E-state index contributed by atoms with van der Waals surface area (Å²) in [6.45, 7) is 0.202. The molecule has 0 radical (unpaired) electrons. The summed E-state index contributed by atoms with van der Waals surface area (Å²) in [4.78, 5) is 11.8. The first kappa shape index (κ1) is 12.4. The number of carbonyl (C=O) groups is 1. The van der Waals surface area contributed by atoms with Gasteiger partial charge < -0.3 is 10.6 Å². The summed E-state index contributed by atoms with van der Waals surface area (Å²) >= 11 is 0. The van der Waals surface area contributed by atoms with Crippen LogP contribution in [0, 0.1) is 11.3 Å². The first-order valence-corrected chi connectivity index (χ1v) is 6.25. The van der Waals surface area contributed by atoms with Gasteiger partial charge in [0.25, 0.3) is 0 Å². The van der Waals surface area contributed by atoms with Crippen LogP contribution in [0.1, 0.15) is 25.7 Å². The van der Waals surface area contributed by atoms with Crippen LogP contribution in [0.4, 0.5) is 5.69 Å². The number of amides is 1. The third-order valence-electron chi connectivity index (χ3n) is 3.28. The van der Waals surface area contributed by atoms with Crippen molar-refractivity contribution in [3.05, 3.63) is 30.3 Å². The maximum atomic E-state index is 11.8. The van der Waals surface area contributed by atoms with Crippen LogP contribution < -0.4 is 10.6 Å². The molecule has 0 atom stereocenters. The second kappa shape index (κ2) is 5.54. The van der Waals surface area contributed by atoms with Crippen molar-refractivity contribution in [2.75, 3.05) is 11.9 Å². The third-order valence-corrected chi connectivity index (χ3v) is 3.28. The molecule has 0 aliphatic heterocycles. The fourth-order valence-electron chi connectivity index (χ4n) is 2.29. The predicted octanol–water partition coefficient (Wildman–Crippen LogP) is 2.05. The fraction of sp³-hybridized carbons (Fsp3) is 0.429. The molecule has 1 amide bonds. The number of hydrogen-bond acceptors (Lipinski definition) is 3. The zero-order valence-electron chi connectivity index (χ0n) is 10.3. The molecule has 1 aliphatic rings. The molecule has 0 bridgehead atoms. The summed E-state index contributed by atoms with van der Waals surface area (Å²) in [5.41, 5.74) is 0.278. The molecule has 1 aliphatic carbocycles. The molecule has 0 aromatic heterocycles. The van der Waals surface area contributed by atoms with E-state index in [4.69, 9.17) is 5.26 Å². The highest BCUT2D eigenvalue weighted by Gasteiger charge is 2.35. The minimum Gasteiger partial charge on any atom is -0.376 e. The summed E-state index contributed by atoms with van der Waals surface area (Å²) in [7, 11) is 0. The third kappa shape index (κ3) is 3.01. The van der Waals surface area contributed by atoms with Gasteiger partial charge in [0.05, 0.1) is 12.6 Å². The molecular formula is C14H17N3O. The smallest absolute Gasteiger partial charge is 0.240 e. The van der Waals surface area contributed by atoms with Crippen molar-refractivity contribution in [1.82, 2.24) is 5.32 Å². The molecule has 1 aromatic carbocycles. The minimum absolute atomic E-state index is 0.123. The van der Waals surface area contributed by atoms with Gasteiger partial charge in [0.1, 0.15) is 5.54 Å². The van der Waals surface area contributed by atoms with E-state index < -0.39 is 5.54 Å². The summed E-state index contributed by atoms with van der Waals surface area (Å²) < 4.78 is 0. The Morgan fingerprint density at radius 1 is 1.28 bits per heavy atom. The van der Waals surface area contributed by atoms with Crippen molar-refractivity contribution in [3.63, 3.8) is 0 Å². The molecule has 1 saturated carbocycles. The van der Waals surface area contributed by atoms with Crippen LogP contribution >= 0.6 is 0 Å². The first-order valence-electron chi connectivity index (χ1n) is 6.25. The van der Waals surface area contributed by atoms with E-state index in [1.54, 1.807) is 0 Å². The molecule has 1 aromatic rings. The largest absolute Gasteiger partial charge is 0.376 e. The summed E-state index contributed by atoms with van der Waals surface area (Å²) in [5.74, 6) is -0.123. The standard InChI is InChI=1S/C14H17N3O/c15-11-14(8-4-5-9-14)17-13(18)10-16-12-6-2-1-3-7-12/h1-3,6-7,16H,4-5,8-10H2,(H,17,18). The van der Waals surface area contributed by atoms with E-state index in [2.05, 4.69) is 16.7 Å². The van der Waals surface area contributed by atoms with Crippen molar-refractivity contribution in [3.8, 4) is 6.07 Å². The Morgan fingerprint density at radius 2 is 1.94 bits per heavy atom. The first-order chi connectivity index (χ1) is 8.74. The number of nitrogens with zero attached hydrogens (tertiary/aromatic N) is 1. The quantitative estimate of drug-likeness (QED) is 0.850. The van der Waals surface area contributed by atoms with Crippen LogP contribution in [-0.2, 0) is 4.79 Å². The number of anilines is 1. The van der Waals surface area contributed by atoms with Gasteiger partial charge in [-0.3, -0.25) is 4.79 Å². The average molecular weight is 243 g/mol. The molecule has 4 nitrogen and oxygen atoms in total. The van der Waals surface area contributed by atoms with E-state index in [-0.39, 0.29) is 12.5 Å². The normalized spacial score (nSPS) is 16.8. The van der Waals surface area contributed by atoms with Gasteiger partial charge in [-0.15, -0.1) is 0 Å². The Morgan fingerprint density at radius 3 is 2.56 bits per heavy atom. The lowest BCUT2D eigenvalue weighted by Gasteiger charge is -2.22. The van der Waals surface area contributed by atoms with E-state index >= 15 is 0 Å². The number of rotatable bonds is 4. The number of hydrogen-bond donors (Lipinski definition) is 2. The zero-order chi connectivity index (χ0) is 12.8. The minimum atomic E-state index is -0.630. The van der Waals surface area contributed by atoms with Crippen LogP contribution in [0.2, 0.25) is 0 Å². The molecule has 1 fully saturated rings. The van der Waals surface area contributed by atoms with Crippen molar-refractivity contribution < 1.29 is 4.79 Å². The number of para-hydroxylation sites is 1. The van der Waals surface area contributed by atoms with Gasteiger partial charge in [-0.05, 0) is 37.8 Å². The maximum Gasteiger partial charge on any atom is 0.240 e. The number of nitrogens with one attached hydrogen (secondary N) is 2. The molecule has 4 heteroatoms. The van der Waals surface area contributed by atoms with Gasteiger partial charge in [0, 0.05) is 5.69 Å². The topological polar surface area (TPSA) is 64.9 Å². The summed E-state index contributed by atoms with van der Waals surface area (Å²) in [6.07, 6.45) is 3.56. The molecule has 2 N–H and O–H groups in total. The molecule has 0 heterocycles. The Kier molecular flexibility index (Phi) is 3.83. The van der Waals surface area contributed by atoms with E-state index in [0.717, 1.165) is 31.4 Å². The van der Waals surface area contributed by atoms with Gasteiger partial charge in [-0.2, -0.15) is 5.26 Å². The fourth-order valence-corrected chi connectivity index (χ4v) is 2.29. The average Bonchev–Trinajstić information content (AvgIpc) is 2.87. The van der Waals surface area contributed by atoms with Gasteiger partial charge >= 0.3 is 0 Å². The molecule has 2 rings (SSSR count). The monoisotopic (exact) mass is 243 g/mol. The maximum absolute atomic E-state index is 11.8. The van der Waals surface area contributed by atoms with E-state index in [1.165, 1.54) is 0 Å². The zero-order valence-corrected chi connectivity index (χ0v) is 10.3. The highest BCUT2D eigenvalue weighted by atomic mass is 16.2. The molecular weight excluding hydrogens is 226 g/mol. The van der Waals surface area contributed by atoms with Gasteiger partial charge in [-0.1, -0.05) is 18.2 Å². The van der Waals surface area contributed by atoms with Crippen LogP contribution in [0.3, 0.4) is 0 Å². The summed E-state index contributed by atoms with van der Waals surface area (Å²) in [6, 6.07) is 11.8. The number of carbonyl (C=O) groups excluding carboxylic acids is 1. The van der Waals surface area contributed by atoms with Gasteiger partial charge in [0.15, 0.2) is 0 Å². The van der Waals surface area contributed by atoms with Crippen molar-refractivity contribution in [2.24, 2.45) is 0 Å². The Balaban J connectivity index is 1.84. The second-order valence-electron chi connectivity index (χ2n) is 4.67. The predicted molar refractivity (Wildman–Crippen MR) is 69.9 cm³/mol. The van der Waals surface area contributed by atoms with Gasteiger partial charge in [0.2, 0.25) is 5.91 Å². The van der Waals surface area contributed by atoms with Crippen LogP contribution in [-0.4, -0.2) is 18.0 Å². The SMILES string of the molecule is N#CC1(NC(=O)CNc2ccccc2)CCCC1. The molecule has 18 heavy (non-hydrogen) atoms. The van der Waals surface area contributed by atoms with Gasteiger partial charge in [-0.25, -0.2) is 0 Å². The summed E-state index contributed by atoms with van der Waals surface area (Å²) in [5, 5.41) is 15.1. The second-order valence-corrected chi connectivity index (χ2v) is 4.67. The molecule has 0 saturated heterocycles. The van der Waals surface area contributed by atoms with E-state index in [9.17, 15) is 4.79 Å². The lowest BCUT2D eigenvalue weighted by molar-refractivity contribution is -0.120. The lowest BCUT2D eigenvalue weighted by atomic mass is 10.00. The molecule has 94 valence electrons. The van der Waals surface area contributed by atoms with Crippen LogP contribution in [0.15, 0.2) is 30.3 Å². The number of benzene rings is 1.